The predicted molar refractivity (Wildman–Crippen MR) is 60.6 cm³/mol. The van der Waals surface area contributed by atoms with E-state index < -0.39 is 12.0 Å². The maximum atomic E-state index is 11.3. The summed E-state index contributed by atoms with van der Waals surface area (Å²) >= 11 is 1.63. The van der Waals surface area contributed by atoms with Crippen LogP contribution in [0.3, 0.4) is 0 Å². The van der Waals surface area contributed by atoms with Gasteiger partial charge in [-0.05, 0) is 25.4 Å². The van der Waals surface area contributed by atoms with E-state index in [4.69, 9.17) is 5.73 Å². The summed E-state index contributed by atoms with van der Waals surface area (Å²) in [5.74, 6) is 0.0774. The first-order valence-corrected chi connectivity index (χ1v) is 6.19. The number of esters is 1. The molecule has 1 atom stereocenters. The normalized spacial score (nSPS) is 11.9. The Labute approximate surface area is 94.1 Å². The van der Waals surface area contributed by atoms with Crippen molar-refractivity contribution in [3.63, 3.8) is 0 Å². The Morgan fingerprint density at radius 3 is 2.73 bits per heavy atom. The van der Waals surface area contributed by atoms with E-state index in [0.717, 1.165) is 5.75 Å². The molecule has 0 fully saturated rings. The monoisotopic (exact) mass is 234 g/mol. The van der Waals surface area contributed by atoms with Crippen LogP contribution in [0.25, 0.3) is 0 Å². The molecule has 0 aromatic heterocycles. The van der Waals surface area contributed by atoms with Gasteiger partial charge in [0.15, 0.2) is 0 Å². The van der Waals surface area contributed by atoms with Crippen LogP contribution in [0.5, 0.6) is 0 Å². The van der Waals surface area contributed by atoms with Gasteiger partial charge in [0, 0.05) is 0 Å². The van der Waals surface area contributed by atoms with Gasteiger partial charge < -0.3 is 15.8 Å². The van der Waals surface area contributed by atoms with Crippen molar-refractivity contribution in [2.24, 2.45) is 5.73 Å². The van der Waals surface area contributed by atoms with Crippen LogP contribution in [0.15, 0.2) is 0 Å². The summed E-state index contributed by atoms with van der Waals surface area (Å²) in [5, 5.41) is 2.43. The highest BCUT2D eigenvalue weighted by Crippen LogP contribution is 1.98. The Balaban J connectivity index is 3.68. The zero-order valence-corrected chi connectivity index (χ0v) is 9.93. The van der Waals surface area contributed by atoms with Gasteiger partial charge in [0.1, 0.15) is 6.54 Å². The van der Waals surface area contributed by atoms with E-state index in [0.29, 0.717) is 13.0 Å². The molecule has 0 heterocycles. The van der Waals surface area contributed by atoms with E-state index in [1.54, 1.807) is 18.7 Å². The fourth-order valence-electron chi connectivity index (χ4n) is 0.878. The van der Waals surface area contributed by atoms with Gasteiger partial charge >= 0.3 is 5.97 Å². The van der Waals surface area contributed by atoms with Crippen LogP contribution in [0, 0.1) is 0 Å². The van der Waals surface area contributed by atoms with Crippen molar-refractivity contribution in [1.82, 2.24) is 5.32 Å². The van der Waals surface area contributed by atoms with Crippen molar-refractivity contribution in [3.8, 4) is 0 Å². The fourth-order valence-corrected chi connectivity index (χ4v) is 1.37. The molecule has 15 heavy (non-hydrogen) atoms. The van der Waals surface area contributed by atoms with Crippen LogP contribution >= 0.6 is 11.8 Å². The van der Waals surface area contributed by atoms with Crippen LogP contribution < -0.4 is 11.1 Å². The van der Waals surface area contributed by atoms with Crippen molar-refractivity contribution in [2.45, 2.75) is 19.4 Å². The number of ether oxygens (including phenoxy) is 1. The molecular weight excluding hydrogens is 216 g/mol. The maximum Gasteiger partial charge on any atom is 0.325 e. The van der Waals surface area contributed by atoms with Gasteiger partial charge in [0.2, 0.25) is 5.91 Å². The Morgan fingerprint density at radius 1 is 1.53 bits per heavy atom. The number of hydrogen-bond acceptors (Lipinski definition) is 5. The van der Waals surface area contributed by atoms with Crippen LogP contribution in [0.2, 0.25) is 0 Å². The van der Waals surface area contributed by atoms with Gasteiger partial charge in [-0.1, -0.05) is 0 Å². The lowest BCUT2D eigenvalue weighted by molar-refractivity contribution is -0.143. The first-order chi connectivity index (χ1) is 7.11. The Hall–Kier alpha value is -0.750. The summed E-state index contributed by atoms with van der Waals surface area (Å²) in [6.07, 6.45) is 2.55. The summed E-state index contributed by atoms with van der Waals surface area (Å²) in [7, 11) is 0. The van der Waals surface area contributed by atoms with Gasteiger partial charge in [0.05, 0.1) is 12.6 Å². The van der Waals surface area contributed by atoms with Gasteiger partial charge in [-0.2, -0.15) is 11.8 Å². The molecule has 0 spiro atoms. The summed E-state index contributed by atoms with van der Waals surface area (Å²) in [4.78, 5) is 22.2. The number of amides is 1. The molecule has 0 rings (SSSR count). The summed E-state index contributed by atoms with van der Waals surface area (Å²) in [6.45, 7) is 1.91. The zero-order valence-electron chi connectivity index (χ0n) is 9.12. The average Bonchev–Trinajstić information content (AvgIpc) is 2.22. The fraction of sp³-hybridized carbons (Fsp3) is 0.778. The number of nitrogens with one attached hydrogen (secondary N) is 1. The third-order valence-corrected chi connectivity index (χ3v) is 2.33. The third kappa shape index (κ3) is 7.21. The summed E-state index contributed by atoms with van der Waals surface area (Å²) in [6, 6.07) is -0.549. The number of carbonyl (C=O) groups excluding carboxylic acids is 2. The molecule has 0 aromatic rings. The minimum absolute atomic E-state index is 0.111. The number of nitrogens with two attached hydrogens (primary N) is 1. The minimum Gasteiger partial charge on any atom is -0.465 e. The van der Waals surface area contributed by atoms with Crippen molar-refractivity contribution in [3.05, 3.63) is 0 Å². The van der Waals surface area contributed by atoms with Gasteiger partial charge in [-0.25, -0.2) is 0 Å². The second-order valence-corrected chi connectivity index (χ2v) is 3.90. The van der Waals surface area contributed by atoms with Crippen molar-refractivity contribution < 1.29 is 14.3 Å². The van der Waals surface area contributed by atoms with Crippen LogP contribution in [0.1, 0.15) is 13.3 Å². The molecule has 0 aliphatic heterocycles. The molecule has 0 saturated heterocycles. The minimum atomic E-state index is -0.549. The lowest BCUT2D eigenvalue weighted by atomic mass is 10.2. The SMILES string of the molecule is CCOC(=O)CNC(=O)[C@H](N)CCSC. The largest absolute Gasteiger partial charge is 0.465 e. The Kier molecular flexibility index (Phi) is 8.12. The van der Waals surface area contributed by atoms with Gasteiger partial charge in [-0.15, -0.1) is 0 Å². The van der Waals surface area contributed by atoms with E-state index in [1.165, 1.54) is 0 Å². The lowest BCUT2D eigenvalue weighted by Gasteiger charge is -2.10. The molecule has 1 amide bonds. The molecule has 0 saturated carbocycles. The van der Waals surface area contributed by atoms with Crippen LogP contribution in [0.4, 0.5) is 0 Å². The molecule has 0 aromatic carbocycles. The quantitative estimate of drug-likeness (QED) is 0.593. The van der Waals surface area contributed by atoms with E-state index in [9.17, 15) is 9.59 Å². The van der Waals surface area contributed by atoms with Gasteiger partial charge in [0.25, 0.3) is 0 Å². The second-order valence-electron chi connectivity index (χ2n) is 2.91. The summed E-state index contributed by atoms with van der Waals surface area (Å²) < 4.78 is 4.65. The smallest absolute Gasteiger partial charge is 0.325 e. The first kappa shape index (κ1) is 14.2. The highest BCUT2D eigenvalue weighted by Gasteiger charge is 2.13. The molecule has 5 nitrogen and oxygen atoms in total. The number of thioether (sulfide) groups is 1. The topological polar surface area (TPSA) is 81.4 Å². The first-order valence-electron chi connectivity index (χ1n) is 4.79. The molecule has 0 unspecified atom stereocenters. The van der Waals surface area contributed by atoms with E-state index in [-0.39, 0.29) is 12.5 Å². The zero-order chi connectivity index (χ0) is 11.7. The van der Waals surface area contributed by atoms with Crippen LogP contribution in [-0.2, 0) is 14.3 Å². The highest BCUT2D eigenvalue weighted by molar-refractivity contribution is 7.98. The molecule has 88 valence electrons. The molecule has 0 aliphatic carbocycles. The third-order valence-electron chi connectivity index (χ3n) is 1.68. The van der Waals surface area contributed by atoms with E-state index in [1.807, 2.05) is 6.26 Å². The standard InChI is InChI=1S/C9H18N2O3S/c1-3-14-8(12)6-11-9(13)7(10)4-5-15-2/h7H,3-6,10H2,1-2H3,(H,11,13)/t7-/m1/s1. The molecule has 0 aliphatic rings. The summed E-state index contributed by atoms with van der Waals surface area (Å²) in [5.41, 5.74) is 5.59. The molecule has 6 heteroatoms. The molecule has 0 radical (unpaired) electrons. The van der Waals surface area contributed by atoms with E-state index >= 15 is 0 Å². The molecule has 3 N–H and O–H groups in total. The van der Waals surface area contributed by atoms with E-state index in [2.05, 4.69) is 10.1 Å². The van der Waals surface area contributed by atoms with Crippen LogP contribution in [-0.4, -0.2) is 43.1 Å². The molecule has 0 bridgehead atoms. The Morgan fingerprint density at radius 2 is 2.20 bits per heavy atom. The average molecular weight is 234 g/mol. The number of rotatable bonds is 7. The molecular formula is C9H18N2O3S. The predicted octanol–water partition coefficient (Wildman–Crippen LogP) is -0.254. The Bertz CT molecular complexity index is 212. The second kappa shape index (κ2) is 8.55. The maximum absolute atomic E-state index is 11.3. The number of hydrogen-bond donors (Lipinski definition) is 2. The van der Waals surface area contributed by atoms with Crippen molar-refractivity contribution >= 4 is 23.6 Å². The lowest BCUT2D eigenvalue weighted by Crippen LogP contribution is -2.43. The number of carbonyl (C=O) groups is 2. The van der Waals surface area contributed by atoms with Crippen molar-refractivity contribution in [1.29, 1.82) is 0 Å². The highest BCUT2D eigenvalue weighted by atomic mass is 32.2. The van der Waals surface area contributed by atoms with Crippen molar-refractivity contribution in [2.75, 3.05) is 25.2 Å². The van der Waals surface area contributed by atoms with Gasteiger partial charge in [-0.3, -0.25) is 9.59 Å².